The van der Waals surface area contributed by atoms with Crippen molar-refractivity contribution in [3.05, 3.63) is 48.2 Å². The van der Waals surface area contributed by atoms with Crippen LogP contribution in [0.1, 0.15) is 58.9 Å². The Hall–Kier alpha value is -2.89. The number of aromatic nitrogens is 1. The van der Waals surface area contributed by atoms with E-state index in [0.29, 0.717) is 12.7 Å². The molecule has 0 aliphatic heterocycles. The number of hydrogen-bond acceptors (Lipinski definition) is 3. The number of aldehydes is 1. The van der Waals surface area contributed by atoms with Gasteiger partial charge in [-0.3, -0.25) is 14.4 Å². The van der Waals surface area contributed by atoms with Gasteiger partial charge in [0.25, 0.3) is 0 Å². The Labute approximate surface area is 191 Å². The van der Waals surface area contributed by atoms with Crippen molar-refractivity contribution in [1.82, 2.24) is 15.6 Å². The number of rotatable bonds is 13. The minimum absolute atomic E-state index is 0.0563. The maximum Gasteiger partial charge on any atom is 0.243 e. The molecular weight excluding hydrogens is 402 g/mol. The highest BCUT2D eigenvalue weighted by Gasteiger charge is 2.28. The number of benzene rings is 1. The topological polar surface area (TPSA) is 91.1 Å². The van der Waals surface area contributed by atoms with Crippen LogP contribution >= 0.6 is 0 Å². The number of amides is 2. The van der Waals surface area contributed by atoms with Gasteiger partial charge in [-0.05, 0) is 42.9 Å². The molecule has 2 aromatic rings. The third-order valence-corrected chi connectivity index (χ3v) is 5.76. The normalized spacial score (nSPS) is 13.6. The molecule has 0 fully saturated rings. The highest BCUT2D eigenvalue weighted by atomic mass is 16.2. The third kappa shape index (κ3) is 7.08. The van der Waals surface area contributed by atoms with Crippen LogP contribution in [-0.4, -0.2) is 35.2 Å². The molecule has 0 radical (unpaired) electrons. The number of aromatic amines is 1. The molecule has 0 aliphatic carbocycles. The van der Waals surface area contributed by atoms with Crippen LogP contribution in [0.5, 0.6) is 0 Å². The van der Waals surface area contributed by atoms with E-state index in [4.69, 9.17) is 0 Å². The van der Waals surface area contributed by atoms with Crippen LogP contribution in [0.2, 0.25) is 0 Å². The highest BCUT2D eigenvalue weighted by Crippen LogP contribution is 2.20. The second kappa shape index (κ2) is 12.8. The van der Waals surface area contributed by atoms with Crippen molar-refractivity contribution in [2.75, 3.05) is 0 Å². The smallest absolute Gasteiger partial charge is 0.243 e. The molecule has 6 nitrogen and oxygen atoms in total. The molecular formula is C26H37N3O3. The zero-order valence-electron chi connectivity index (χ0n) is 19.7. The molecule has 1 aromatic heterocycles. The highest BCUT2D eigenvalue weighted by molar-refractivity contribution is 5.89. The second-order valence-corrected chi connectivity index (χ2v) is 8.70. The summed E-state index contributed by atoms with van der Waals surface area (Å²) in [5, 5.41) is 7.10. The average Bonchev–Trinajstić information content (AvgIpc) is 3.18. The van der Waals surface area contributed by atoms with Crippen LogP contribution in [0.4, 0.5) is 0 Å². The number of carbonyl (C=O) groups is 3. The lowest BCUT2D eigenvalue weighted by atomic mass is 9.95. The molecule has 6 heteroatoms. The molecule has 0 unspecified atom stereocenters. The monoisotopic (exact) mass is 439 g/mol. The summed E-state index contributed by atoms with van der Waals surface area (Å²) in [6.45, 7) is 7.98. The van der Waals surface area contributed by atoms with Gasteiger partial charge in [-0.15, -0.1) is 0 Å². The fourth-order valence-electron chi connectivity index (χ4n) is 4.07. The van der Waals surface area contributed by atoms with E-state index in [9.17, 15) is 14.4 Å². The lowest BCUT2D eigenvalue weighted by molar-refractivity contribution is -0.132. The van der Waals surface area contributed by atoms with Gasteiger partial charge >= 0.3 is 0 Å². The van der Waals surface area contributed by atoms with E-state index in [-0.39, 0.29) is 29.7 Å². The van der Waals surface area contributed by atoms with Crippen molar-refractivity contribution in [1.29, 1.82) is 0 Å². The second-order valence-electron chi connectivity index (χ2n) is 8.70. The summed E-state index contributed by atoms with van der Waals surface area (Å²) >= 11 is 0. The summed E-state index contributed by atoms with van der Waals surface area (Å²) in [4.78, 5) is 40.2. The van der Waals surface area contributed by atoms with Gasteiger partial charge in [0.05, 0.1) is 6.04 Å². The first-order valence-electron chi connectivity index (χ1n) is 11.7. The van der Waals surface area contributed by atoms with Crippen molar-refractivity contribution < 1.29 is 14.4 Å². The Morgan fingerprint density at radius 1 is 1.03 bits per heavy atom. The SMILES string of the molecule is CCCC(CCC)C(=O)N[C@H](C(=O)N[C@H](C=CC=O)Cc1c[nH]c2ccccc12)C(C)C. The first-order valence-corrected chi connectivity index (χ1v) is 11.7. The molecule has 2 amide bonds. The Morgan fingerprint density at radius 3 is 2.34 bits per heavy atom. The zero-order valence-corrected chi connectivity index (χ0v) is 19.7. The largest absolute Gasteiger partial charge is 0.361 e. The van der Waals surface area contributed by atoms with E-state index in [1.807, 2.05) is 44.3 Å². The lowest BCUT2D eigenvalue weighted by Gasteiger charge is -2.26. The predicted molar refractivity (Wildman–Crippen MR) is 129 cm³/mol. The van der Waals surface area contributed by atoms with Crippen LogP contribution in [0.3, 0.4) is 0 Å². The van der Waals surface area contributed by atoms with E-state index in [0.717, 1.165) is 42.1 Å². The van der Waals surface area contributed by atoms with Gasteiger partial charge in [0.2, 0.25) is 11.8 Å². The molecule has 2 rings (SSSR count). The maximum absolute atomic E-state index is 13.2. The Balaban J connectivity index is 2.15. The summed E-state index contributed by atoms with van der Waals surface area (Å²) in [5.41, 5.74) is 2.08. The van der Waals surface area contributed by atoms with E-state index in [1.54, 1.807) is 6.08 Å². The number of para-hydroxylation sites is 1. The molecule has 0 saturated carbocycles. The molecule has 3 N–H and O–H groups in total. The minimum Gasteiger partial charge on any atom is -0.361 e. The molecule has 0 bridgehead atoms. The van der Waals surface area contributed by atoms with Gasteiger partial charge in [-0.25, -0.2) is 0 Å². The van der Waals surface area contributed by atoms with Gasteiger partial charge < -0.3 is 15.6 Å². The minimum atomic E-state index is -0.631. The van der Waals surface area contributed by atoms with E-state index < -0.39 is 6.04 Å². The number of carbonyl (C=O) groups excluding carboxylic acids is 3. The number of hydrogen-bond donors (Lipinski definition) is 3. The summed E-state index contributed by atoms with van der Waals surface area (Å²) in [5.74, 6) is -0.428. The van der Waals surface area contributed by atoms with Gasteiger partial charge in [0.1, 0.15) is 12.3 Å². The third-order valence-electron chi connectivity index (χ3n) is 5.76. The van der Waals surface area contributed by atoms with Crippen LogP contribution < -0.4 is 10.6 Å². The summed E-state index contributed by atoms with van der Waals surface area (Å²) in [6.07, 6.45) is 9.77. The van der Waals surface area contributed by atoms with Crippen LogP contribution in [0.15, 0.2) is 42.6 Å². The Bertz CT molecular complexity index is 910. The fourth-order valence-corrected chi connectivity index (χ4v) is 4.07. The summed E-state index contributed by atoms with van der Waals surface area (Å²) in [6, 6.07) is 6.97. The van der Waals surface area contributed by atoms with Crippen molar-refractivity contribution in [2.45, 2.75) is 71.9 Å². The molecule has 0 saturated heterocycles. The van der Waals surface area contributed by atoms with Crippen LogP contribution in [-0.2, 0) is 20.8 Å². The number of H-pyrrole nitrogens is 1. The number of allylic oxidation sites excluding steroid dienone is 1. The van der Waals surface area contributed by atoms with Crippen molar-refractivity contribution in [3.63, 3.8) is 0 Å². The van der Waals surface area contributed by atoms with Crippen LogP contribution in [0, 0.1) is 11.8 Å². The van der Waals surface area contributed by atoms with E-state index >= 15 is 0 Å². The first-order chi connectivity index (χ1) is 15.4. The van der Waals surface area contributed by atoms with Crippen LogP contribution in [0.25, 0.3) is 10.9 Å². The Kier molecular flexibility index (Phi) is 10.2. The molecule has 1 aromatic carbocycles. The predicted octanol–water partition coefficient (Wildman–Crippen LogP) is 4.31. The molecule has 1 heterocycles. The van der Waals surface area contributed by atoms with Gasteiger partial charge in [-0.1, -0.05) is 64.8 Å². The molecule has 2 atom stereocenters. The number of nitrogens with one attached hydrogen (secondary N) is 3. The molecule has 0 spiro atoms. The quantitative estimate of drug-likeness (QED) is 0.321. The molecule has 174 valence electrons. The van der Waals surface area contributed by atoms with Gasteiger partial charge in [0.15, 0.2) is 0 Å². The number of fused-ring (bicyclic) bond motifs is 1. The molecule has 32 heavy (non-hydrogen) atoms. The summed E-state index contributed by atoms with van der Waals surface area (Å²) < 4.78 is 0. The van der Waals surface area contributed by atoms with Crippen molar-refractivity contribution in [2.24, 2.45) is 11.8 Å². The Morgan fingerprint density at radius 2 is 1.72 bits per heavy atom. The van der Waals surface area contributed by atoms with Crippen molar-refractivity contribution in [3.8, 4) is 0 Å². The fraction of sp³-hybridized carbons (Fsp3) is 0.500. The molecule has 0 aliphatic rings. The lowest BCUT2D eigenvalue weighted by Crippen LogP contribution is -2.53. The first kappa shape index (κ1) is 25.4. The average molecular weight is 440 g/mol. The maximum atomic E-state index is 13.2. The van der Waals surface area contributed by atoms with Gasteiger partial charge in [0, 0.05) is 23.0 Å². The van der Waals surface area contributed by atoms with E-state index in [2.05, 4.69) is 29.5 Å². The zero-order chi connectivity index (χ0) is 23.5. The van der Waals surface area contributed by atoms with Gasteiger partial charge in [-0.2, -0.15) is 0 Å². The van der Waals surface area contributed by atoms with Crippen molar-refractivity contribution >= 4 is 29.0 Å². The van der Waals surface area contributed by atoms with E-state index in [1.165, 1.54) is 6.08 Å². The standard InChI is InChI=1S/C26H37N3O3/c1-5-10-19(11-6-2)25(31)29-24(18(3)4)26(32)28-21(12-9-15-30)16-20-17-27-23-14-8-7-13-22(20)23/h7-9,12-15,17-19,21,24,27H,5-6,10-11,16H2,1-4H3,(H,28,32)(H,29,31)/t21-,24+/m1/s1. The summed E-state index contributed by atoms with van der Waals surface area (Å²) in [7, 11) is 0.